The van der Waals surface area contributed by atoms with Crippen molar-refractivity contribution in [3.8, 4) is 5.75 Å². The zero-order valence-corrected chi connectivity index (χ0v) is 18.2. The largest absolute Gasteiger partial charge is 0.502 e. The normalized spacial score (nSPS) is 20.6. The number of carbonyl (C=O) groups is 1. The number of amides is 1. The Hall–Kier alpha value is -3.21. The smallest absolute Gasteiger partial charge is 0.410 e. The standard InChI is InChI=1S/C21H26N4O7/c1-20(2,3)32-19(28)23-8-6-21(7-9-23)10-13(11-31-21)24-12-22-14-4-5-15(26)17(25(29)30)16(14)18(24)27/h4-5,12-13,26H,6-11H2,1-3H3/t13-/m1/s1. The number of rotatable bonds is 2. The van der Waals surface area contributed by atoms with Crippen LogP contribution in [0.15, 0.2) is 23.3 Å². The van der Waals surface area contributed by atoms with Gasteiger partial charge in [0, 0.05) is 13.1 Å². The maximum atomic E-state index is 13.1. The first-order valence-electron chi connectivity index (χ1n) is 10.5. The van der Waals surface area contributed by atoms with Crippen LogP contribution in [0.25, 0.3) is 10.9 Å². The van der Waals surface area contributed by atoms with E-state index in [4.69, 9.17) is 9.47 Å². The van der Waals surface area contributed by atoms with Crippen LogP contribution in [0.5, 0.6) is 5.75 Å². The number of benzene rings is 1. The SMILES string of the molecule is CC(C)(C)OC(=O)N1CCC2(CC1)C[C@@H](n1cnc3ccc(O)c([N+](=O)[O-])c3c1=O)CO2. The van der Waals surface area contributed by atoms with Crippen LogP contribution < -0.4 is 5.56 Å². The molecule has 1 spiro atoms. The van der Waals surface area contributed by atoms with Crippen molar-refractivity contribution in [2.24, 2.45) is 0 Å². The average molecular weight is 446 g/mol. The third-order valence-electron chi connectivity index (χ3n) is 6.00. The summed E-state index contributed by atoms with van der Waals surface area (Å²) in [4.78, 5) is 42.0. The van der Waals surface area contributed by atoms with Crippen molar-refractivity contribution in [3.63, 3.8) is 0 Å². The summed E-state index contributed by atoms with van der Waals surface area (Å²) in [6.45, 7) is 6.67. The number of piperidine rings is 1. The summed E-state index contributed by atoms with van der Waals surface area (Å²) in [6, 6.07) is 2.18. The minimum absolute atomic E-state index is 0.148. The van der Waals surface area contributed by atoms with Crippen molar-refractivity contribution in [1.82, 2.24) is 14.5 Å². The molecule has 2 aromatic rings. The Labute approximate surface area is 183 Å². The van der Waals surface area contributed by atoms with E-state index in [9.17, 15) is 24.8 Å². The maximum absolute atomic E-state index is 13.1. The maximum Gasteiger partial charge on any atom is 0.410 e. The van der Waals surface area contributed by atoms with E-state index in [0.29, 0.717) is 32.4 Å². The lowest BCUT2D eigenvalue weighted by Gasteiger charge is -2.39. The molecular weight excluding hydrogens is 420 g/mol. The molecule has 3 heterocycles. The molecule has 11 heteroatoms. The molecule has 32 heavy (non-hydrogen) atoms. The Morgan fingerprint density at radius 2 is 2.03 bits per heavy atom. The average Bonchev–Trinajstić information content (AvgIpc) is 3.10. The third-order valence-corrected chi connectivity index (χ3v) is 6.00. The van der Waals surface area contributed by atoms with Crippen LogP contribution in [0.4, 0.5) is 10.5 Å². The Morgan fingerprint density at radius 3 is 2.66 bits per heavy atom. The predicted octanol–water partition coefficient (Wildman–Crippen LogP) is 2.74. The van der Waals surface area contributed by atoms with Gasteiger partial charge in [0.05, 0.1) is 35.0 Å². The van der Waals surface area contributed by atoms with Gasteiger partial charge in [0.15, 0.2) is 5.75 Å². The van der Waals surface area contributed by atoms with Gasteiger partial charge in [0.25, 0.3) is 5.56 Å². The molecule has 0 unspecified atom stereocenters. The number of nitrogens with zero attached hydrogens (tertiary/aromatic N) is 4. The fraction of sp³-hybridized carbons (Fsp3) is 0.571. The van der Waals surface area contributed by atoms with E-state index in [1.807, 2.05) is 20.8 Å². The van der Waals surface area contributed by atoms with Gasteiger partial charge in [-0.25, -0.2) is 9.78 Å². The van der Waals surface area contributed by atoms with Crippen LogP contribution in [-0.4, -0.2) is 61.5 Å². The first kappa shape index (κ1) is 22.0. The van der Waals surface area contributed by atoms with Gasteiger partial charge in [-0.15, -0.1) is 0 Å². The minimum Gasteiger partial charge on any atom is -0.502 e. The summed E-state index contributed by atoms with van der Waals surface area (Å²) in [5, 5.41) is 21.1. The number of nitro benzene ring substituents is 1. The molecule has 172 valence electrons. The number of ether oxygens (including phenoxy) is 2. The van der Waals surface area contributed by atoms with Gasteiger partial charge in [-0.2, -0.15) is 0 Å². The third kappa shape index (κ3) is 3.99. The number of fused-ring (bicyclic) bond motifs is 1. The molecule has 2 fully saturated rings. The van der Waals surface area contributed by atoms with Crippen molar-refractivity contribution < 1.29 is 24.3 Å². The molecule has 0 radical (unpaired) electrons. The zero-order valence-electron chi connectivity index (χ0n) is 18.2. The Kier molecular flexibility index (Phi) is 5.32. The number of likely N-dealkylation sites (tertiary alicyclic amines) is 1. The number of carbonyl (C=O) groups excluding carboxylic acids is 1. The van der Waals surface area contributed by atoms with E-state index in [1.54, 1.807) is 4.90 Å². The van der Waals surface area contributed by atoms with Gasteiger partial charge in [-0.05, 0) is 52.2 Å². The lowest BCUT2D eigenvalue weighted by Crippen LogP contribution is -2.48. The fourth-order valence-electron chi connectivity index (χ4n) is 4.41. The molecule has 2 aliphatic rings. The molecule has 2 aliphatic heterocycles. The zero-order chi connectivity index (χ0) is 23.3. The van der Waals surface area contributed by atoms with Crippen molar-refractivity contribution >= 4 is 22.7 Å². The molecule has 1 atom stereocenters. The number of aromatic nitrogens is 2. The van der Waals surface area contributed by atoms with Crippen LogP contribution in [0, 0.1) is 10.1 Å². The number of hydrogen-bond donors (Lipinski definition) is 1. The second kappa shape index (κ2) is 7.73. The summed E-state index contributed by atoms with van der Waals surface area (Å²) < 4.78 is 12.9. The first-order valence-corrected chi connectivity index (χ1v) is 10.5. The summed E-state index contributed by atoms with van der Waals surface area (Å²) in [6.07, 6.45) is 2.73. The van der Waals surface area contributed by atoms with Gasteiger partial charge in [0.1, 0.15) is 11.0 Å². The molecule has 0 aliphatic carbocycles. The van der Waals surface area contributed by atoms with Crippen molar-refractivity contribution in [3.05, 3.63) is 38.9 Å². The molecule has 0 bridgehead atoms. The molecule has 0 saturated carbocycles. The summed E-state index contributed by atoms with van der Waals surface area (Å²) in [5.41, 5.74) is -2.14. The quantitative estimate of drug-likeness (QED) is 0.549. The minimum atomic E-state index is -0.774. The van der Waals surface area contributed by atoms with Crippen LogP contribution in [0.1, 0.15) is 46.1 Å². The molecule has 4 rings (SSSR count). The van der Waals surface area contributed by atoms with E-state index in [2.05, 4.69) is 4.98 Å². The highest BCUT2D eigenvalue weighted by atomic mass is 16.6. The summed E-state index contributed by atoms with van der Waals surface area (Å²) >= 11 is 0. The summed E-state index contributed by atoms with van der Waals surface area (Å²) in [5.74, 6) is -0.576. The van der Waals surface area contributed by atoms with E-state index in [-0.39, 0.29) is 29.6 Å². The van der Waals surface area contributed by atoms with Crippen molar-refractivity contribution in [1.29, 1.82) is 0 Å². The second-order valence-corrected chi connectivity index (χ2v) is 9.36. The highest BCUT2D eigenvalue weighted by molar-refractivity contribution is 5.89. The van der Waals surface area contributed by atoms with Crippen LogP contribution >= 0.6 is 0 Å². The van der Waals surface area contributed by atoms with E-state index < -0.39 is 33.1 Å². The molecule has 11 nitrogen and oxygen atoms in total. The predicted molar refractivity (Wildman–Crippen MR) is 114 cm³/mol. The molecule has 1 amide bonds. The molecule has 1 aromatic heterocycles. The molecule has 1 aromatic carbocycles. The fourth-order valence-corrected chi connectivity index (χ4v) is 4.41. The van der Waals surface area contributed by atoms with E-state index in [1.165, 1.54) is 17.0 Å². The topological polar surface area (TPSA) is 137 Å². The van der Waals surface area contributed by atoms with Gasteiger partial charge in [-0.3, -0.25) is 19.5 Å². The van der Waals surface area contributed by atoms with Gasteiger partial charge in [-0.1, -0.05) is 0 Å². The van der Waals surface area contributed by atoms with Crippen molar-refractivity contribution in [2.75, 3.05) is 19.7 Å². The first-order chi connectivity index (χ1) is 15.0. The lowest BCUT2D eigenvalue weighted by molar-refractivity contribution is -0.384. The Bertz CT molecular complexity index is 1130. The Morgan fingerprint density at radius 1 is 1.34 bits per heavy atom. The monoisotopic (exact) mass is 446 g/mol. The lowest BCUT2D eigenvalue weighted by atomic mass is 9.87. The number of aromatic hydroxyl groups is 1. The van der Waals surface area contributed by atoms with E-state index >= 15 is 0 Å². The van der Waals surface area contributed by atoms with Gasteiger partial charge < -0.3 is 19.5 Å². The number of hydrogen-bond acceptors (Lipinski definition) is 8. The molecular formula is C21H26N4O7. The summed E-state index contributed by atoms with van der Waals surface area (Å²) in [7, 11) is 0. The second-order valence-electron chi connectivity index (χ2n) is 9.36. The Balaban J connectivity index is 1.54. The number of nitro groups is 1. The highest BCUT2D eigenvalue weighted by Gasteiger charge is 2.45. The molecule has 2 saturated heterocycles. The van der Waals surface area contributed by atoms with Crippen LogP contribution in [-0.2, 0) is 9.47 Å². The number of phenols is 1. The number of phenolic OH excluding ortho intramolecular Hbond substituents is 1. The van der Waals surface area contributed by atoms with E-state index in [0.717, 1.165) is 6.07 Å². The molecule has 1 N–H and O–H groups in total. The highest BCUT2D eigenvalue weighted by Crippen LogP contribution is 2.41. The van der Waals surface area contributed by atoms with Crippen LogP contribution in [0.3, 0.4) is 0 Å². The van der Waals surface area contributed by atoms with Gasteiger partial charge in [0.2, 0.25) is 0 Å². The van der Waals surface area contributed by atoms with Gasteiger partial charge >= 0.3 is 11.8 Å². The van der Waals surface area contributed by atoms with Crippen molar-refractivity contribution in [2.45, 2.75) is 57.3 Å². The van der Waals surface area contributed by atoms with Crippen LogP contribution in [0.2, 0.25) is 0 Å².